The second-order valence-corrected chi connectivity index (χ2v) is 6.35. The molecule has 1 aliphatic heterocycles. The number of rotatable bonds is 5. The van der Waals surface area contributed by atoms with Crippen LogP contribution in [-0.4, -0.2) is 29.6 Å². The second kappa shape index (κ2) is 7.62. The Balaban J connectivity index is 2.20. The summed E-state index contributed by atoms with van der Waals surface area (Å²) in [5.74, 6) is 4.25. The molecule has 1 aromatic rings. The Labute approximate surface area is 129 Å². The number of nitrogens with one attached hydrogen (secondary N) is 1. The van der Waals surface area contributed by atoms with Crippen molar-refractivity contribution in [3.8, 4) is 0 Å². The van der Waals surface area contributed by atoms with Gasteiger partial charge in [0.25, 0.3) is 0 Å². The minimum absolute atomic E-state index is 0.359. The van der Waals surface area contributed by atoms with E-state index in [-0.39, 0.29) is 0 Å². The van der Waals surface area contributed by atoms with Crippen molar-refractivity contribution in [3.05, 3.63) is 11.9 Å². The van der Waals surface area contributed by atoms with Gasteiger partial charge in [-0.2, -0.15) is 0 Å². The predicted octanol–water partition coefficient (Wildman–Crippen LogP) is 4.05. The number of nitrogens with zero attached hydrogens (tertiary/aromatic N) is 3. The summed E-state index contributed by atoms with van der Waals surface area (Å²) in [6.07, 6.45) is 5.22. The zero-order chi connectivity index (χ0) is 15.2. The monoisotopic (exact) mass is 290 g/mol. The normalized spacial score (nSPS) is 19.7. The summed E-state index contributed by atoms with van der Waals surface area (Å²) < 4.78 is 0. The van der Waals surface area contributed by atoms with Crippen molar-refractivity contribution in [2.75, 3.05) is 29.9 Å². The average molecular weight is 290 g/mol. The molecule has 0 bridgehead atoms. The van der Waals surface area contributed by atoms with E-state index in [1.54, 1.807) is 0 Å². The van der Waals surface area contributed by atoms with Gasteiger partial charge in [-0.05, 0) is 32.1 Å². The number of hydrogen-bond donors (Lipinski definition) is 1. The van der Waals surface area contributed by atoms with E-state index >= 15 is 0 Å². The van der Waals surface area contributed by atoms with Crippen LogP contribution in [0.25, 0.3) is 0 Å². The smallest absolute Gasteiger partial charge is 0.135 e. The minimum Gasteiger partial charge on any atom is -0.370 e. The van der Waals surface area contributed by atoms with E-state index in [1.807, 2.05) is 0 Å². The largest absolute Gasteiger partial charge is 0.370 e. The van der Waals surface area contributed by atoms with Crippen LogP contribution in [0.1, 0.15) is 65.1 Å². The summed E-state index contributed by atoms with van der Waals surface area (Å²) >= 11 is 0. The van der Waals surface area contributed by atoms with Gasteiger partial charge in [0.2, 0.25) is 0 Å². The Morgan fingerprint density at radius 2 is 2.05 bits per heavy atom. The van der Waals surface area contributed by atoms with Gasteiger partial charge in [-0.15, -0.1) is 0 Å². The lowest BCUT2D eigenvalue weighted by Crippen LogP contribution is -2.26. The van der Waals surface area contributed by atoms with Gasteiger partial charge in [-0.25, -0.2) is 9.97 Å². The third-order valence-corrected chi connectivity index (χ3v) is 4.35. The first-order valence-electron chi connectivity index (χ1n) is 8.51. The Bertz CT molecular complexity index is 444. The molecule has 0 aliphatic carbocycles. The van der Waals surface area contributed by atoms with Crippen molar-refractivity contribution in [1.29, 1.82) is 0 Å². The van der Waals surface area contributed by atoms with Gasteiger partial charge in [-0.1, -0.05) is 27.2 Å². The first kappa shape index (κ1) is 16.1. The SMILES string of the molecule is CCNc1cc(N2CCCC(CC)CC2)nc(C(C)C)n1. The highest BCUT2D eigenvalue weighted by Crippen LogP contribution is 2.25. The molecule has 4 heteroatoms. The van der Waals surface area contributed by atoms with Crippen LogP contribution in [-0.2, 0) is 0 Å². The maximum atomic E-state index is 4.81. The molecule has 0 spiro atoms. The fourth-order valence-electron chi connectivity index (χ4n) is 2.95. The highest BCUT2D eigenvalue weighted by molar-refractivity contribution is 5.49. The molecule has 0 aromatic carbocycles. The molecule has 1 aliphatic rings. The van der Waals surface area contributed by atoms with Gasteiger partial charge in [0.05, 0.1) is 0 Å². The molecule has 2 heterocycles. The first-order chi connectivity index (χ1) is 10.1. The Hall–Kier alpha value is -1.32. The Kier molecular flexibility index (Phi) is 5.83. The van der Waals surface area contributed by atoms with Crippen molar-refractivity contribution in [2.45, 2.75) is 59.3 Å². The predicted molar refractivity (Wildman–Crippen MR) is 90.1 cm³/mol. The molecule has 1 fully saturated rings. The van der Waals surface area contributed by atoms with E-state index in [0.717, 1.165) is 43.0 Å². The number of anilines is 2. The molecule has 0 radical (unpaired) electrons. The van der Waals surface area contributed by atoms with Crippen LogP contribution in [0.2, 0.25) is 0 Å². The molecule has 1 N–H and O–H groups in total. The van der Waals surface area contributed by atoms with Crippen LogP contribution >= 0.6 is 0 Å². The van der Waals surface area contributed by atoms with Crippen molar-refractivity contribution in [2.24, 2.45) is 5.92 Å². The Morgan fingerprint density at radius 1 is 1.24 bits per heavy atom. The summed E-state index contributed by atoms with van der Waals surface area (Å²) in [6.45, 7) is 11.9. The lowest BCUT2D eigenvalue weighted by Gasteiger charge is -2.23. The van der Waals surface area contributed by atoms with Crippen molar-refractivity contribution in [1.82, 2.24) is 9.97 Å². The fourth-order valence-corrected chi connectivity index (χ4v) is 2.95. The summed E-state index contributed by atoms with van der Waals surface area (Å²) in [5, 5.41) is 3.34. The van der Waals surface area contributed by atoms with Crippen molar-refractivity contribution >= 4 is 11.6 Å². The maximum Gasteiger partial charge on any atom is 0.135 e. The van der Waals surface area contributed by atoms with E-state index in [4.69, 9.17) is 4.98 Å². The molecule has 4 nitrogen and oxygen atoms in total. The highest BCUT2D eigenvalue weighted by atomic mass is 15.2. The molecule has 1 aromatic heterocycles. The van der Waals surface area contributed by atoms with Gasteiger partial charge >= 0.3 is 0 Å². The maximum absolute atomic E-state index is 4.81. The van der Waals surface area contributed by atoms with E-state index in [9.17, 15) is 0 Å². The third kappa shape index (κ3) is 4.32. The average Bonchev–Trinajstić information content (AvgIpc) is 2.72. The standard InChI is InChI=1S/C17H30N4/c1-5-14-8-7-10-21(11-9-14)16-12-15(18-6-2)19-17(20-16)13(3)4/h12-14H,5-11H2,1-4H3,(H,18,19,20). The van der Waals surface area contributed by atoms with Crippen molar-refractivity contribution < 1.29 is 0 Å². The molecule has 1 unspecified atom stereocenters. The second-order valence-electron chi connectivity index (χ2n) is 6.35. The van der Waals surface area contributed by atoms with Gasteiger partial charge in [0.1, 0.15) is 17.5 Å². The van der Waals surface area contributed by atoms with E-state index in [0.29, 0.717) is 5.92 Å². The van der Waals surface area contributed by atoms with Crippen LogP contribution in [0.5, 0.6) is 0 Å². The topological polar surface area (TPSA) is 41.0 Å². The van der Waals surface area contributed by atoms with E-state index in [2.05, 4.69) is 49.0 Å². The molecule has 118 valence electrons. The van der Waals surface area contributed by atoms with Gasteiger partial charge in [0, 0.05) is 31.6 Å². The van der Waals surface area contributed by atoms with Gasteiger partial charge < -0.3 is 10.2 Å². The van der Waals surface area contributed by atoms with Crippen LogP contribution < -0.4 is 10.2 Å². The highest BCUT2D eigenvalue weighted by Gasteiger charge is 2.18. The molecule has 1 atom stereocenters. The molecule has 2 rings (SSSR count). The summed E-state index contributed by atoms with van der Waals surface area (Å²) in [7, 11) is 0. The molecular weight excluding hydrogens is 260 g/mol. The summed E-state index contributed by atoms with van der Waals surface area (Å²) in [4.78, 5) is 11.9. The lowest BCUT2D eigenvalue weighted by molar-refractivity contribution is 0.459. The van der Waals surface area contributed by atoms with Gasteiger partial charge in [0.15, 0.2) is 0 Å². The molecule has 0 saturated carbocycles. The summed E-state index contributed by atoms with van der Waals surface area (Å²) in [6, 6.07) is 2.11. The van der Waals surface area contributed by atoms with Crippen LogP contribution in [0.15, 0.2) is 6.07 Å². The fraction of sp³-hybridized carbons (Fsp3) is 0.765. The molecular formula is C17H30N4. The first-order valence-corrected chi connectivity index (χ1v) is 8.51. The molecule has 1 saturated heterocycles. The Morgan fingerprint density at radius 3 is 2.71 bits per heavy atom. The van der Waals surface area contributed by atoms with Crippen molar-refractivity contribution in [3.63, 3.8) is 0 Å². The zero-order valence-electron chi connectivity index (χ0n) is 14.0. The third-order valence-electron chi connectivity index (χ3n) is 4.35. The van der Waals surface area contributed by atoms with E-state index in [1.165, 1.54) is 25.7 Å². The molecule has 0 amide bonds. The summed E-state index contributed by atoms with van der Waals surface area (Å²) in [5.41, 5.74) is 0. The van der Waals surface area contributed by atoms with Crippen LogP contribution in [0, 0.1) is 5.92 Å². The minimum atomic E-state index is 0.359. The van der Waals surface area contributed by atoms with Gasteiger partial charge in [-0.3, -0.25) is 0 Å². The zero-order valence-corrected chi connectivity index (χ0v) is 14.0. The van der Waals surface area contributed by atoms with Crippen LogP contribution in [0.4, 0.5) is 11.6 Å². The molecule has 21 heavy (non-hydrogen) atoms. The quantitative estimate of drug-likeness (QED) is 0.888. The van der Waals surface area contributed by atoms with E-state index < -0.39 is 0 Å². The number of aromatic nitrogens is 2. The lowest BCUT2D eigenvalue weighted by atomic mass is 9.98. The van der Waals surface area contributed by atoms with Crippen LogP contribution in [0.3, 0.4) is 0 Å². The number of hydrogen-bond acceptors (Lipinski definition) is 4.